The number of amides is 1. The van der Waals surface area contributed by atoms with Gasteiger partial charge in [0.15, 0.2) is 0 Å². The van der Waals surface area contributed by atoms with Gasteiger partial charge in [-0.15, -0.1) is 0 Å². The normalized spacial score (nSPS) is 11.2. The third-order valence-electron chi connectivity index (χ3n) is 3.84. The Morgan fingerprint density at radius 3 is 2.04 bits per heavy atom. The van der Waals surface area contributed by atoms with Crippen molar-refractivity contribution >= 4 is 37.5 Å². The topological polar surface area (TPSA) is 57.7 Å². The molecule has 0 aromatic heterocycles. The van der Waals surface area contributed by atoms with Gasteiger partial charge in [-0.25, -0.2) is 8.42 Å². The molecule has 134 valence electrons. The van der Waals surface area contributed by atoms with Crippen LogP contribution in [0.1, 0.15) is 13.8 Å². The van der Waals surface area contributed by atoms with Crippen molar-refractivity contribution in [1.29, 1.82) is 0 Å². The first kappa shape index (κ1) is 19.5. The first-order chi connectivity index (χ1) is 11.9. The molecule has 2 rings (SSSR count). The molecule has 0 bridgehead atoms. The molecule has 0 saturated heterocycles. The number of benzene rings is 2. The van der Waals surface area contributed by atoms with Gasteiger partial charge in [0.2, 0.25) is 5.91 Å². The number of hydrogen-bond acceptors (Lipinski definition) is 3. The lowest BCUT2D eigenvalue weighted by Gasteiger charge is -2.27. The van der Waals surface area contributed by atoms with Crippen LogP contribution in [-0.4, -0.2) is 38.9 Å². The molecule has 2 aromatic carbocycles. The van der Waals surface area contributed by atoms with Crippen LogP contribution in [0.5, 0.6) is 0 Å². The summed E-state index contributed by atoms with van der Waals surface area (Å²) in [5.41, 5.74) is 0.451. The van der Waals surface area contributed by atoms with E-state index in [1.165, 1.54) is 12.1 Å². The van der Waals surface area contributed by atoms with Crippen molar-refractivity contribution in [2.75, 3.05) is 23.9 Å². The van der Waals surface area contributed by atoms with Crippen LogP contribution in [0.25, 0.3) is 0 Å². The van der Waals surface area contributed by atoms with Crippen molar-refractivity contribution in [2.45, 2.75) is 18.7 Å². The standard InChI is InChI=1S/C18H21BrN2O3S/c1-3-20(4-2)18(22)14-21(16-12-10-15(19)11-13-16)25(23,24)17-8-6-5-7-9-17/h5-13H,3-4,14H2,1-2H3. The fourth-order valence-corrected chi connectivity index (χ4v) is 4.14. The highest BCUT2D eigenvalue weighted by atomic mass is 79.9. The monoisotopic (exact) mass is 424 g/mol. The Morgan fingerprint density at radius 1 is 0.960 bits per heavy atom. The molecule has 5 nitrogen and oxygen atoms in total. The number of hydrogen-bond donors (Lipinski definition) is 0. The molecule has 2 aromatic rings. The number of sulfonamides is 1. The molecule has 0 aliphatic rings. The fourth-order valence-electron chi connectivity index (χ4n) is 2.44. The summed E-state index contributed by atoms with van der Waals surface area (Å²) in [6.45, 7) is 4.58. The Balaban J connectivity index is 2.45. The number of carbonyl (C=O) groups is 1. The van der Waals surface area contributed by atoms with Crippen molar-refractivity contribution in [3.63, 3.8) is 0 Å². The van der Waals surface area contributed by atoms with E-state index >= 15 is 0 Å². The minimum absolute atomic E-state index is 0.158. The number of likely N-dealkylation sites (N-methyl/N-ethyl adjacent to an activating group) is 1. The van der Waals surface area contributed by atoms with E-state index in [1.54, 1.807) is 47.4 Å². The Hall–Kier alpha value is -1.86. The van der Waals surface area contributed by atoms with E-state index in [9.17, 15) is 13.2 Å². The van der Waals surface area contributed by atoms with Gasteiger partial charge in [0.1, 0.15) is 6.54 Å². The molecule has 0 N–H and O–H groups in total. The molecular formula is C18H21BrN2O3S. The second-order valence-corrected chi connectivity index (χ2v) is 8.15. The summed E-state index contributed by atoms with van der Waals surface area (Å²) in [5.74, 6) is -0.229. The van der Waals surface area contributed by atoms with E-state index in [1.807, 2.05) is 13.8 Å². The molecule has 0 atom stereocenters. The largest absolute Gasteiger partial charge is 0.342 e. The molecular weight excluding hydrogens is 404 g/mol. The summed E-state index contributed by atoms with van der Waals surface area (Å²) in [4.78, 5) is 14.3. The lowest BCUT2D eigenvalue weighted by Crippen LogP contribution is -2.43. The Labute approximate surface area is 157 Å². The zero-order valence-electron chi connectivity index (χ0n) is 14.2. The molecule has 7 heteroatoms. The molecule has 0 spiro atoms. The van der Waals surface area contributed by atoms with Gasteiger partial charge >= 0.3 is 0 Å². The molecule has 0 heterocycles. The van der Waals surface area contributed by atoms with Crippen LogP contribution in [-0.2, 0) is 14.8 Å². The van der Waals surface area contributed by atoms with Crippen LogP contribution >= 0.6 is 15.9 Å². The Morgan fingerprint density at radius 2 is 1.52 bits per heavy atom. The van der Waals surface area contributed by atoms with Gasteiger partial charge in [0.05, 0.1) is 10.6 Å². The van der Waals surface area contributed by atoms with Crippen molar-refractivity contribution in [1.82, 2.24) is 4.90 Å². The number of halogens is 1. The van der Waals surface area contributed by atoms with Gasteiger partial charge in [0, 0.05) is 17.6 Å². The van der Waals surface area contributed by atoms with E-state index < -0.39 is 10.0 Å². The molecule has 0 fully saturated rings. The summed E-state index contributed by atoms with van der Waals surface area (Å²) < 4.78 is 28.2. The molecule has 0 saturated carbocycles. The van der Waals surface area contributed by atoms with E-state index in [2.05, 4.69) is 15.9 Å². The highest BCUT2D eigenvalue weighted by Crippen LogP contribution is 2.25. The predicted octanol–water partition coefficient (Wildman–Crippen LogP) is 3.51. The van der Waals surface area contributed by atoms with E-state index in [0.717, 1.165) is 8.78 Å². The minimum atomic E-state index is -3.84. The first-order valence-electron chi connectivity index (χ1n) is 8.01. The molecule has 0 aliphatic heterocycles. The van der Waals surface area contributed by atoms with Gasteiger partial charge < -0.3 is 4.90 Å². The highest BCUT2D eigenvalue weighted by molar-refractivity contribution is 9.10. The molecule has 25 heavy (non-hydrogen) atoms. The molecule has 0 unspecified atom stereocenters. The number of carbonyl (C=O) groups excluding carboxylic acids is 1. The molecule has 1 amide bonds. The maximum Gasteiger partial charge on any atom is 0.264 e. The zero-order chi connectivity index (χ0) is 18.4. The van der Waals surface area contributed by atoms with Crippen LogP contribution in [0.4, 0.5) is 5.69 Å². The summed E-state index contributed by atoms with van der Waals surface area (Å²) in [6.07, 6.45) is 0. The van der Waals surface area contributed by atoms with Gasteiger partial charge in [0.25, 0.3) is 10.0 Å². The van der Waals surface area contributed by atoms with Crippen molar-refractivity contribution < 1.29 is 13.2 Å². The maximum absolute atomic E-state index is 13.1. The smallest absolute Gasteiger partial charge is 0.264 e. The second-order valence-electron chi connectivity index (χ2n) is 5.37. The predicted molar refractivity (Wildman–Crippen MR) is 103 cm³/mol. The number of anilines is 1. The second kappa shape index (κ2) is 8.49. The van der Waals surface area contributed by atoms with Crippen LogP contribution in [0.3, 0.4) is 0 Å². The SMILES string of the molecule is CCN(CC)C(=O)CN(c1ccc(Br)cc1)S(=O)(=O)c1ccccc1. The van der Waals surface area contributed by atoms with Gasteiger partial charge in [-0.3, -0.25) is 9.10 Å². The lowest BCUT2D eigenvalue weighted by atomic mass is 10.3. The Bertz CT molecular complexity index is 804. The van der Waals surface area contributed by atoms with Crippen molar-refractivity contribution in [3.05, 3.63) is 59.1 Å². The summed E-state index contributed by atoms with van der Waals surface area (Å²) in [6, 6.07) is 15.0. The maximum atomic E-state index is 13.1. The lowest BCUT2D eigenvalue weighted by molar-refractivity contribution is -0.129. The van der Waals surface area contributed by atoms with E-state index in [0.29, 0.717) is 18.8 Å². The first-order valence-corrected chi connectivity index (χ1v) is 10.2. The summed E-state index contributed by atoms with van der Waals surface area (Å²) in [5, 5.41) is 0. The summed E-state index contributed by atoms with van der Waals surface area (Å²) >= 11 is 3.34. The Kier molecular flexibility index (Phi) is 6.61. The summed E-state index contributed by atoms with van der Waals surface area (Å²) in [7, 11) is -3.84. The number of nitrogens with zero attached hydrogens (tertiary/aromatic N) is 2. The molecule has 0 radical (unpaired) electrons. The van der Waals surface area contributed by atoms with Crippen LogP contribution in [0.15, 0.2) is 64.0 Å². The van der Waals surface area contributed by atoms with Gasteiger partial charge in [-0.1, -0.05) is 34.1 Å². The average molecular weight is 425 g/mol. The molecule has 0 aliphatic carbocycles. The zero-order valence-corrected chi connectivity index (χ0v) is 16.6. The average Bonchev–Trinajstić information content (AvgIpc) is 2.62. The third-order valence-corrected chi connectivity index (χ3v) is 6.16. The highest BCUT2D eigenvalue weighted by Gasteiger charge is 2.28. The van der Waals surface area contributed by atoms with E-state index in [4.69, 9.17) is 0 Å². The van der Waals surface area contributed by atoms with Gasteiger partial charge in [-0.05, 0) is 50.2 Å². The van der Waals surface area contributed by atoms with Crippen LogP contribution in [0.2, 0.25) is 0 Å². The van der Waals surface area contributed by atoms with Gasteiger partial charge in [-0.2, -0.15) is 0 Å². The van der Waals surface area contributed by atoms with Crippen molar-refractivity contribution in [3.8, 4) is 0 Å². The fraction of sp³-hybridized carbons (Fsp3) is 0.278. The number of rotatable bonds is 7. The van der Waals surface area contributed by atoms with Crippen molar-refractivity contribution in [2.24, 2.45) is 0 Å². The van der Waals surface area contributed by atoms with E-state index in [-0.39, 0.29) is 17.3 Å². The third kappa shape index (κ3) is 4.61. The minimum Gasteiger partial charge on any atom is -0.342 e. The van der Waals surface area contributed by atoms with Crippen LogP contribution in [0, 0.1) is 0 Å². The quantitative estimate of drug-likeness (QED) is 0.682. The van der Waals surface area contributed by atoms with Crippen LogP contribution < -0.4 is 4.31 Å².